The summed E-state index contributed by atoms with van der Waals surface area (Å²) < 4.78 is 0. The highest BCUT2D eigenvalue weighted by Crippen LogP contribution is 2.14. The first-order valence-electron chi connectivity index (χ1n) is 11.6. The van der Waals surface area contributed by atoms with Crippen molar-refractivity contribution in [3.63, 3.8) is 0 Å². The molecule has 212 valence electrons. The van der Waals surface area contributed by atoms with Gasteiger partial charge in [-0.2, -0.15) is 10.5 Å². The zero-order valence-corrected chi connectivity index (χ0v) is 24.1. The van der Waals surface area contributed by atoms with Gasteiger partial charge in [0, 0.05) is 42.0 Å². The summed E-state index contributed by atoms with van der Waals surface area (Å²) in [6.07, 6.45) is 0. The molecule has 0 atom stereocenters. The van der Waals surface area contributed by atoms with Gasteiger partial charge in [-0.15, -0.1) is 5.10 Å². The highest BCUT2D eigenvalue weighted by atomic mass is 127. The molecule has 0 aliphatic heterocycles. The van der Waals surface area contributed by atoms with E-state index in [0.29, 0.717) is 33.8 Å². The maximum Gasteiger partial charge on any atom is 0.365 e. The van der Waals surface area contributed by atoms with E-state index in [1.165, 1.54) is 41.8 Å². The minimum absolute atomic E-state index is 0. The van der Waals surface area contributed by atoms with E-state index in [2.05, 4.69) is 25.8 Å². The number of quaternary nitrogens is 1. The molecule has 0 aliphatic carbocycles. The van der Waals surface area contributed by atoms with Gasteiger partial charge in [0.25, 0.3) is 17.1 Å². The number of hydrogen-bond donors (Lipinski definition) is 2. The minimum atomic E-state index is -0.498. The monoisotopic (exact) mass is 673 g/mol. The average Bonchev–Trinajstić information content (AvgIpc) is 2.96. The number of rotatable bonds is 9. The Kier molecular flexibility index (Phi) is 11.8. The largest absolute Gasteiger partial charge is 1.00 e. The zero-order valence-electron chi connectivity index (χ0n) is 22.0. The fraction of sp³-hybridized carbons (Fsp3) is 0.120. The highest BCUT2D eigenvalue weighted by Gasteiger charge is 2.10. The summed E-state index contributed by atoms with van der Waals surface area (Å²) in [4.78, 5) is 31.2. The number of nitrogens with one attached hydrogen (secondary N) is 1. The number of nitrogens with two attached hydrogens (primary N) is 1. The molecule has 15 nitrogen and oxygen atoms in total. The van der Waals surface area contributed by atoms with Crippen molar-refractivity contribution in [1.29, 1.82) is 0 Å². The van der Waals surface area contributed by atoms with Crippen LogP contribution in [0, 0.1) is 30.3 Å². The first-order chi connectivity index (χ1) is 19.0. The van der Waals surface area contributed by atoms with Crippen LogP contribution in [0.15, 0.2) is 93.2 Å². The Morgan fingerprint density at radius 3 is 1.37 bits per heavy atom. The van der Waals surface area contributed by atoms with Gasteiger partial charge in [0.15, 0.2) is 0 Å². The first kappa shape index (κ1) is 32.2. The summed E-state index contributed by atoms with van der Waals surface area (Å²) in [6, 6.07) is 17.6. The van der Waals surface area contributed by atoms with Gasteiger partial charge in [-0.25, -0.2) is 5.43 Å². The van der Waals surface area contributed by atoms with Crippen LogP contribution in [0.4, 0.5) is 17.1 Å². The zero-order chi connectivity index (χ0) is 29.2. The Morgan fingerprint density at radius 2 is 0.976 bits per heavy atom. The van der Waals surface area contributed by atoms with Crippen LogP contribution < -0.4 is 34.8 Å². The van der Waals surface area contributed by atoms with Crippen LogP contribution in [0.3, 0.4) is 0 Å². The van der Waals surface area contributed by atoms with Crippen molar-refractivity contribution in [2.45, 2.75) is 20.8 Å². The van der Waals surface area contributed by atoms with E-state index in [1.807, 2.05) is 0 Å². The van der Waals surface area contributed by atoms with Crippen molar-refractivity contribution in [2.75, 3.05) is 0 Å². The van der Waals surface area contributed by atoms with E-state index in [4.69, 9.17) is 0 Å². The molecule has 0 saturated heterocycles. The Morgan fingerprint density at radius 1 is 0.610 bits per heavy atom. The van der Waals surface area contributed by atoms with E-state index < -0.39 is 14.8 Å². The third-order valence-corrected chi connectivity index (χ3v) is 5.51. The predicted molar refractivity (Wildman–Crippen MR) is 148 cm³/mol. The van der Waals surface area contributed by atoms with E-state index in [-0.39, 0.29) is 47.0 Å². The van der Waals surface area contributed by atoms with Crippen LogP contribution >= 0.6 is 0 Å². The molecule has 0 unspecified atom stereocenters. The van der Waals surface area contributed by atoms with Gasteiger partial charge in [0.2, 0.25) is 0 Å². The minimum Gasteiger partial charge on any atom is -1.00 e. The van der Waals surface area contributed by atoms with Crippen LogP contribution in [-0.4, -0.2) is 37.9 Å². The highest BCUT2D eigenvalue weighted by molar-refractivity contribution is 6.00. The van der Waals surface area contributed by atoms with Crippen LogP contribution in [0.2, 0.25) is 0 Å². The second kappa shape index (κ2) is 15.0. The fourth-order valence-electron chi connectivity index (χ4n) is 3.17. The lowest BCUT2D eigenvalue weighted by molar-refractivity contribution is -0.549. The molecular weight excluding hydrogens is 649 g/mol. The van der Waals surface area contributed by atoms with Crippen molar-refractivity contribution < 1.29 is 44.2 Å². The normalized spacial score (nSPS) is 12.4. The van der Waals surface area contributed by atoms with Crippen molar-refractivity contribution in [3.8, 4) is 0 Å². The molecule has 0 radical (unpaired) electrons. The SMILES string of the molecule is C/C(=N/N=C(\N/N=C(/C)c1ccc([N+](=O)[O-])cc1)[NH2+]/N=C(/C)c1ccc([N+](=O)[O-])cc1)c1ccc([N+](=O)[O-])cc1.[I-]. The summed E-state index contributed by atoms with van der Waals surface area (Å²) in [5.41, 5.74) is 7.40. The lowest BCUT2D eigenvalue weighted by Crippen LogP contribution is -3.00. The number of guanidine groups is 1. The second-order valence-corrected chi connectivity index (χ2v) is 8.24. The standard InChI is InChI=1S/C25H23N9O6.HI/c1-16(19-4-10-22(11-5-19)32(35)36)26-29-25(30-27-17(2)20-6-12-23(13-7-20)33(37)38)31-28-18(3)21-8-14-24(15-9-21)34(39)40;/h4-15H,1-3H3,(H2,29,30,31);1H/b26-16-,27-17-,28-18-;. The van der Waals surface area contributed by atoms with Gasteiger partial charge in [0.1, 0.15) is 5.71 Å². The quantitative estimate of drug-likeness (QED) is 0.0820. The number of non-ortho nitro benzene ring substituents is 3. The number of hydrazone groups is 1. The van der Waals surface area contributed by atoms with Crippen molar-refractivity contribution in [2.24, 2.45) is 20.4 Å². The summed E-state index contributed by atoms with van der Waals surface area (Å²) in [5.74, 6) is 0.129. The molecule has 0 bridgehead atoms. The molecule has 3 aromatic carbocycles. The molecule has 0 aliphatic rings. The molecule has 3 rings (SSSR count). The Labute approximate surface area is 250 Å². The summed E-state index contributed by atoms with van der Waals surface area (Å²) in [7, 11) is 0. The van der Waals surface area contributed by atoms with Crippen LogP contribution in [0.5, 0.6) is 0 Å². The molecule has 0 amide bonds. The number of benzene rings is 3. The molecule has 3 N–H and O–H groups in total. The lowest BCUT2D eigenvalue weighted by Gasteiger charge is -2.04. The maximum absolute atomic E-state index is 10.9. The van der Waals surface area contributed by atoms with Gasteiger partial charge in [0.05, 0.1) is 26.2 Å². The van der Waals surface area contributed by atoms with Crippen molar-refractivity contribution in [3.05, 3.63) is 120 Å². The Hall–Kier alpha value is -4.97. The molecule has 41 heavy (non-hydrogen) atoms. The molecule has 0 spiro atoms. The smallest absolute Gasteiger partial charge is 0.365 e. The molecule has 0 heterocycles. The van der Waals surface area contributed by atoms with Crippen LogP contribution in [0.1, 0.15) is 37.5 Å². The van der Waals surface area contributed by atoms with E-state index in [1.54, 1.807) is 57.2 Å². The summed E-state index contributed by atoms with van der Waals surface area (Å²) in [6.45, 7) is 5.09. The summed E-state index contributed by atoms with van der Waals surface area (Å²) >= 11 is 0. The molecule has 16 heteroatoms. The van der Waals surface area contributed by atoms with Gasteiger partial charge in [-0.05, 0) is 68.3 Å². The topological polar surface area (TPSA) is 208 Å². The lowest BCUT2D eigenvalue weighted by atomic mass is 10.1. The van der Waals surface area contributed by atoms with Gasteiger partial charge in [-0.3, -0.25) is 30.3 Å². The first-order valence-corrected chi connectivity index (χ1v) is 11.6. The third-order valence-electron chi connectivity index (χ3n) is 5.51. The Balaban J connectivity index is 0.00000588. The molecular formula is C25H24IN9O6. The van der Waals surface area contributed by atoms with Gasteiger partial charge >= 0.3 is 5.96 Å². The number of nitro benzene ring substituents is 3. The van der Waals surface area contributed by atoms with E-state index in [0.717, 1.165) is 0 Å². The fourth-order valence-corrected chi connectivity index (χ4v) is 3.17. The second-order valence-electron chi connectivity index (χ2n) is 8.24. The van der Waals surface area contributed by atoms with Crippen molar-refractivity contribution >= 4 is 40.2 Å². The molecule has 0 aromatic heterocycles. The van der Waals surface area contributed by atoms with E-state index in [9.17, 15) is 30.3 Å². The predicted octanol–water partition coefficient (Wildman–Crippen LogP) is 0.497. The average molecular weight is 673 g/mol. The third kappa shape index (κ3) is 9.32. The number of hydrogen-bond acceptors (Lipinski definition) is 10. The van der Waals surface area contributed by atoms with Crippen LogP contribution in [0.25, 0.3) is 0 Å². The number of nitro groups is 3. The van der Waals surface area contributed by atoms with Gasteiger partial charge in [-0.1, -0.05) is 10.2 Å². The summed E-state index contributed by atoms with van der Waals surface area (Å²) in [5, 5.41) is 49.7. The number of halogens is 1. The molecule has 0 fully saturated rings. The molecule has 3 aromatic rings. The maximum atomic E-state index is 10.9. The molecule has 0 saturated carbocycles. The van der Waals surface area contributed by atoms with Gasteiger partial charge < -0.3 is 24.0 Å². The van der Waals surface area contributed by atoms with E-state index >= 15 is 0 Å². The Bertz CT molecular complexity index is 1460. The van der Waals surface area contributed by atoms with Crippen molar-refractivity contribution in [1.82, 2.24) is 5.43 Å². The number of nitrogens with zero attached hydrogens (tertiary/aromatic N) is 7. The van der Waals surface area contributed by atoms with Crippen LogP contribution in [-0.2, 0) is 0 Å².